The van der Waals surface area contributed by atoms with Gasteiger partial charge in [-0.1, -0.05) is 133 Å². The summed E-state index contributed by atoms with van der Waals surface area (Å²) in [6.45, 7) is 0. The highest BCUT2D eigenvalue weighted by atomic mass is 15.1. The van der Waals surface area contributed by atoms with Gasteiger partial charge in [0.1, 0.15) is 11.3 Å². The minimum atomic E-state index is 0.966. The lowest BCUT2D eigenvalue weighted by Crippen LogP contribution is -1.99. The molecular weight excluding hydrogens is 755 g/mol. The maximum absolute atomic E-state index is 5.28. The Labute approximate surface area is 353 Å². The minimum Gasteiger partial charge on any atom is -0.309 e. The second-order valence-electron chi connectivity index (χ2n) is 16.7. The van der Waals surface area contributed by atoms with Crippen molar-refractivity contribution in [3.8, 4) is 22.5 Å². The third-order valence-corrected chi connectivity index (χ3v) is 13.6. The number of imidazole rings is 1. The van der Waals surface area contributed by atoms with Crippen molar-refractivity contribution in [2.24, 2.45) is 0 Å². The quantitative estimate of drug-likeness (QED) is 0.175. The fourth-order valence-corrected chi connectivity index (χ4v) is 11.2. The predicted molar refractivity (Wildman–Crippen MR) is 259 cm³/mol. The van der Waals surface area contributed by atoms with Crippen LogP contribution in [0.4, 0.5) is 0 Å². The highest BCUT2D eigenvalue weighted by Gasteiger charge is 2.25. The van der Waals surface area contributed by atoms with Crippen molar-refractivity contribution in [3.63, 3.8) is 0 Å². The topological polar surface area (TPSA) is 31.6 Å². The van der Waals surface area contributed by atoms with Gasteiger partial charge in [-0.3, -0.25) is 8.97 Å². The molecule has 6 heterocycles. The van der Waals surface area contributed by atoms with Gasteiger partial charge in [0.25, 0.3) is 0 Å². The molecule has 0 N–H and O–H groups in total. The number of para-hydroxylation sites is 7. The van der Waals surface area contributed by atoms with Gasteiger partial charge in [-0.05, 0) is 83.2 Å². The average molecular weight is 788 g/mol. The number of aromatic nitrogens is 5. The molecular formula is C57H33N5. The van der Waals surface area contributed by atoms with E-state index in [-0.39, 0.29) is 0 Å². The van der Waals surface area contributed by atoms with Crippen LogP contribution in [0.2, 0.25) is 0 Å². The molecule has 6 aromatic heterocycles. The van der Waals surface area contributed by atoms with Crippen LogP contribution in [0.25, 0.3) is 132 Å². The van der Waals surface area contributed by atoms with E-state index in [9.17, 15) is 0 Å². The Hall–Kier alpha value is -8.41. The molecule has 9 aromatic carbocycles. The molecule has 0 spiro atoms. The van der Waals surface area contributed by atoms with E-state index in [1.807, 2.05) is 0 Å². The zero-order chi connectivity index (χ0) is 40.2. The Kier molecular flexibility index (Phi) is 6.10. The summed E-state index contributed by atoms with van der Waals surface area (Å²) >= 11 is 0. The van der Waals surface area contributed by atoms with Crippen molar-refractivity contribution >= 4 is 109 Å². The second kappa shape index (κ2) is 11.7. The average Bonchev–Trinajstić information content (AvgIpc) is 4.14. The van der Waals surface area contributed by atoms with E-state index in [1.165, 1.54) is 87.2 Å². The fourth-order valence-electron chi connectivity index (χ4n) is 11.2. The van der Waals surface area contributed by atoms with E-state index in [0.717, 1.165) is 44.6 Å². The summed E-state index contributed by atoms with van der Waals surface area (Å²) in [7, 11) is 0. The maximum atomic E-state index is 5.28. The molecule has 0 amide bonds. The molecule has 0 saturated carbocycles. The number of pyridine rings is 1. The first-order valence-electron chi connectivity index (χ1n) is 21.3. The molecule has 0 saturated heterocycles. The van der Waals surface area contributed by atoms with Crippen LogP contribution in [-0.4, -0.2) is 22.9 Å². The summed E-state index contributed by atoms with van der Waals surface area (Å²) in [5.74, 6) is 0. The molecule has 0 radical (unpaired) electrons. The minimum absolute atomic E-state index is 0.966. The maximum Gasteiger partial charge on any atom is 0.147 e. The van der Waals surface area contributed by atoms with Crippen molar-refractivity contribution in [1.29, 1.82) is 0 Å². The first-order valence-corrected chi connectivity index (χ1v) is 21.3. The fraction of sp³-hybridized carbons (Fsp3) is 0. The van der Waals surface area contributed by atoms with Crippen molar-refractivity contribution in [3.05, 3.63) is 200 Å². The first-order chi connectivity index (χ1) is 30.8. The van der Waals surface area contributed by atoms with E-state index in [0.29, 0.717) is 0 Å². The van der Waals surface area contributed by atoms with Gasteiger partial charge in [0.05, 0.1) is 44.1 Å². The van der Waals surface area contributed by atoms with E-state index in [4.69, 9.17) is 4.98 Å². The van der Waals surface area contributed by atoms with Gasteiger partial charge in [-0.25, -0.2) is 4.98 Å². The molecule has 0 aliphatic carbocycles. The molecule has 0 aliphatic rings. The molecule has 0 fully saturated rings. The van der Waals surface area contributed by atoms with Gasteiger partial charge >= 0.3 is 0 Å². The largest absolute Gasteiger partial charge is 0.309 e. The summed E-state index contributed by atoms with van der Waals surface area (Å²) in [4.78, 5) is 5.28. The zero-order valence-electron chi connectivity index (χ0n) is 33.3. The van der Waals surface area contributed by atoms with Crippen LogP contribution in [0, 0.1) is 0 Å². The number of hydrogen-bond donors (Lipinski definition) is 0. The summed E-state index contributed by atoms with van der Waals surface area (Å²) in [5.41, 5.74) is 16.0. The molecule has 286 valence electrons. The zero-order valence-corrected chi connectivity index (χ0v) is 33.3. The number of rotatable bonds is 3. The third kappa shape index (κ3) is 4.00. The van der Waals surface area contributed by atoms with Gasteiger partial charge < -0.3 is 8.97 Å². The lowest BCUT2D eigenvalue weighted by atomic mass is 9.96. The van der Waals surface area contributed by atoms with E-state index in [1.54, 1.807) is 0 Å². The highest BCUT2D eigenvalue weighted by molar-refractivity contribution is 6.28. The van der Waals surface area contributed by atoms with Gasteiger partial charge in [0, 0.05) is 59.9 Å². The first kappa shape index (κ1) is 32.4. The Morgan fingerprint density at radius 1 is 0.323 bits per heavy atom. The summed E-state index contributed by atoms with van der Waals surface area (Å²) in [5, 5.41) is 12.3. The van der Waals surface area contributed by atoms with Crippen molar-refractivity contribution in [1.82, 2.24) is 22.9 Å². The van der Waals surface area contributed by atoms with Crippen LogP contribution in [0.5, 0.6) is 0 Å². The summed E-state index contributed by atoms with van der Waals surface area (Å²) in [6.07, 6.45) is 0. The second-order valence-corrected chi connectivity index (χ2v) is 16.7. The van der Waals surface area contributed by atoms with E-state index < -0.39 is 0 Å². The molecule has 0 unspecified atom stereocenters. The van der Waals surface area contributed by atoms with Gasteiger partial charge in [-0.2, -0.15) is 0 Å². The normalized spacial score (nSPS) is 12.5. The van der Waals surface area contributed by atoms with Crippen LogP contribution in [0.3, 0.4) is 0 Å². The van der Waals surface area contributed by atoms with Gasteiger partial charge in [0.2, 0.25) is 0 Å². The smallest absolute Gasteiger partial charge is 0.147 e. The van der Waals surface area contributed by atoms with Crippen LogP contribution in [0.1, 0.15) is 0 Å². The lowest BCUT2D eigenvalue weighted by Gasteiger charge is -2.14. The lowest BCUT2D eigenvalue weighted by molar-refractivity contribution is 1.11. The predicted octanol–water partition coefficient (Wildman–Crippen LogP) is 14.7. The van der Waals surface area contributed by atoms with Crippen molar-refractivity contribution in [2.75, 3.05) is 0 Å². The van der Waals surface area contributed by atoms with Crippen LogP contribution < -0.4 is 0 Å². The molecule has 0 aliphatic heterocycles. The third-order valence-electron chi connectivity index (χ3n) is 13.6. The summed E-state index contributed by atoms with van der Waals surface area (Å²) in [6, 6.07) is 73.5. The van der Waals surface area contributed by atoms with Crippen molar-refractivity contribution < 1.29 is 0 Å². The van der Waals surface area contributed by atoms with Crippen LogP contribution in [0.15, 0.2) is 200 Å². The molecule has 5 nitrogen and oxygen atoms in total. The van der Waals surface area contributed by atoms with Crippen molar-refractivity contribution in [2.45, 2.75) is 0 Å². The van der Waals surface area contributed by atoms with Gasteiger partial charge in [-0.15, -0.1) is 0 Å². The number of nitrogens with zero attached hydrogens (tertiary/aromatic N) is 5. The monoisotopic (exact) mass is 787 g/mol. The molecule has 15 rings (SSSR count). The Morgan fingerprint density at radius 2 is 0.919 bits per heavy atom. The molecule has 5 heteroatoms. The molecule has 0 bridgehead atoms. The number of hydrogen-bond acceptors (Lipinski definition) is 1. The Morgan fingerprint density at radius 3 is 1.69 bits per heavy atom. The van der Waals surface area contributed by atoms with E-state index in [2.05, 4.69) is 218 Å². The van der Waals surface area contributed by atoms with Crippen LogP contribution in [-0.2, 0) is 0 Å². The molecule has 62 heavy (non-hydrogen) atoms. The Bertz CT molecular complexity index is 4330. The van der Waals surface area contributed by atoms with Gasteiger partial charge in [0.15, 0.2) is 0 Å². The standard InChI is InChI=1S/C57H33N5/c1-2-15-35(16-3-1)60-50-30-29-34(31-45(50)54-40-20-4-5-21-42(40)56-58-46-24-9-13-28-51(46)62(56)57(54)60)44-32-36(59-47-25-10-6-17-37(47)38-18-7-11-26-48(38)59)33-52-53(44)43-23-14-22-41-39-19-8-12-27-49(39)61(52)55(41)43/h1-33H. The molecule has 15 aromatic rings. The number of fused-ring (bicyclic) bond motifs is 19. The highest BCUT2D eigenvalue weighted by Crippen LogP contribution is 2.47. The Balaban J connectivity index is 1.14. The summed E-state index contributed by atoms with van der Waals surface area (Å²) < 4.78 is 9.82. The SMILES string of the molecule is c1ccc(-n2c3ccc(-c4cc(-n5c6ccccc6c6ccccc65)cc5c4c4cccc6c7ccccc7n5c64)cc3c3c4ccccc4c4nc5ccccc5n4c32)cc1. The molecule has 0 atom stereocenters. The van der Waals surface area contributed by atoms with E-state index >= 15 is 0 Å². The van der Waals surface area contributed by atoms with Crippen LogP contribution >= 0.6 is 0 Å². The number of benzene rings is 9.